The van der Waals surface area contributed by atoms with Crippen LogP contribution >= 0.6 is 22.6 Å². The monoisotopic (exact) mass is 293 g/mol. The molecule has 0 heterocycles. The summed E-state index contributed by atoms with van der Waals surface area (Å²) >= 11 is 2.29. The van der Waals surface area contributed by atoms with Crippen LogP contribution in [0, 0.1) is 16.6 Å². The van der Waals surface area contributed by atoms with Gasteiger partial charge in [0.05, 0.1) is 0 Å². The van der Waals surface area contributed by atoms with E-state index in [9.17, 15) is 0 Å². The fraction of sp³-hybridized carbons (Fsp3) is 0.0769. The summed E-state index contributed by atoms with van der Waals surface area (Å²) in [4.78, 5) is 0. The number of hydrogen-bond acceptors (Lipinski definition) is 0. The molecule has 2 aromatic carbocycles. The summed E-state index contributed by atoms with van der Waals surface area (Å²) in [5, 5.41) is 0. The zero-order valence-electron chi connectivity index (χ0n) is 7.92. The molecule has 0 spiro atoms. The van der Waals surface area contributed by atoms with Gasteiger partial charge < -0.3 is 0 Å². The van der Waals surface area contributed by atoms with Crippen LogP contribution in [0.1, 0.15) is 5.56 Å². The smallest absolute Gasteiger partial charge is 0.0212 e. The maximum atomic E-state index is 3.32. The highest BCUT2D eigenvalue weighted by Gasteiger charge is 2.00. The van der Waals surface area contributed by atoms with E-state index >= 15 is 0 Å². The van der Waals surface area contributed by atoms with Crippen molar-refractivity contribution >= 4 is 22.6 Å². The zero-order valence-corrected chi connectivity index (χ0v) is 10.1. The Morgan fingerprint density at radius 2 is 1.71 bits per heavy atom. The Hall–Kier alpha value is -0.830. The largest absolute Gasteiger partial charge is 0.0622 e. The zero-order chi connectivity index (χ0) is 9.97. The number of hydrogen-bond donors (Lipinski definition) is 0. The van der Waals surface area contributed by atoms with Gasteiger partial charge in [-0.05, 0) is 58.3 Å². The Kier molecular flexibility index (Phi) is 2.87. The lowest BCUT2D eigenvalue weighted by atomic mass is 10.0. The molecule has 0 nitrogen and oxygen atoms in total. The van der Waals surface area contributed by atoms with Crippen LogP contribution in [0.3, 0.4) is 0 Å². The van der Waals surface area contributed by atoms with Crippen molar-refractivity contribution in [1.82, 2.24) is 0 Å². The van der Waals surface area contributed by atoms with E-state index in [-0.39, 0.29) is 0 Å². The van der Waals surface area contributed by atoms with Gasteiger partial charge in [0.2, 0.25) is 0 Å². The van der Waals surface area contributed by atoms with Crippen molar-refractivity contribution in [2.24, 2.45) is 0 Å². The Balaban J connectivity index is 2.53. The molecule has 0 unspecified atom stereocenters. The van der Waals surface area contributed by atoms with E-state index in [1.165, 1.54) is 20.3 Å². The van der Waals surface area contributed by atoms with Gasteiger partial charge in [0.15, 0.2) is 0 Å². The van der Waals surface area contributed by atoms with Gasteiger partial charge in [0.25, 0.3) is 0 Å². The van der Waals surface area contributed by atoms with Crippen LogP contribution < -0.4 is 0 Å². The van der Waals surface area contributed by atoms with Crippen molar-refractivity contribution < 1.29 is 0 Å². The highest BCUT2D eigenvalue weighted by molar-refractivity contribution is 14.1. The lowest BCUT2D eigenvalue weighted by Crippen LogP contribution is -1.84. The minimum atomic E-state index is 1.17. The van der Waals surface area contributed by atoms with Crippen LogP contribution in [0.25, 0.3) is 11.1 Å². The standard InChI is InChI=1S/C13H10I/c1-10-9-12(14)7-8-13(10)11-5-3-2-4-6-11/h2-8H,1H3. The second-order valence-electron chi connectivity index (χ2n) is 3.21. The van der Waals surface area contributed by atoms with Gasteiger partial charge in [-0.3, -0.25) is 0 Å². The second-order valence-corrected chi connectivity index (χ2v) is 4.37. The Bertz CT molecular complexity index is 432. The molecule has 2 rings (SSSR count). The molecule has 0 amide bonds. The molecule has 0 aliphatic carbocycles. The Morgan fingerprint density at radius 3 is 2.36 bits per heavy atom. The molecule has 1 radical (unpaired) electrons. The first kappa shape index (κ1) is 9.71. The van der Waals surface area contributed by atoms with Crippen molar-refractivity contribution in [2.75, 3.05) is 0 Å². The Morgan fingerprint density at radius 1 is 1.00 bits per heavy atom. The molecular weight excluding hydrogens is 283 g/mol. The van der Waals surface area contributed by atoms with Crippen LogP contribution in [0.2, 0.25) is 0 Å². The Labute approximate surface area is 98.1 Å². The van der Waals surface area contributed by atoms with E-state index in [0.29, 0.717) is 0 Å². The van der Waals surface area contributed by atoms with E-state index in [0.717, 1.165) is 0 Å². The number of aryl methyl sites for hydroxylation is 1. The van der Waals surface area contributed by atoms with Gasteiger partial charge in [0, 0.05) is 3.57 Å². The first-order chi connectivity index (χ1) is 6.77. The highest BCUT2D eigenvalue weighted by atomic mass is 127. The van der Waals surface area contributed by atoms with Gasteiger partial charge in [-0.2, -0.15) is 0 Å². The van der Waals surface area contributed by atoms with E-state index in [1.807, 2.05) is 6.07 Å². The molecule has 0 saturated heterocycles. The summed E-state index contributed by atoms with van der Waals surface area (Å²) in [7, 11) is 0. The number of halogens is 1. The summed E-state index contributed by atoms with van der Waals surface area (Å²) < 4.78 is 1.17. The molecule has 69 valence electrons. The summed E-state index contributed by atoms with van der Waals surface area (Å²) in [6.45, 7) is 2.10. The molecule has 0 aromatic heterocycles. The minimum Gasteiger partial charge on any atom is -0.0622 e. The summed E-state index contributed by atoms with van der Waals surface area (Å²) in [6, 6.07) is 18.0. The predicted molar refractivity (Wildman–Crippen MR) is 68.2 cm³/mol. The highest BCUT2D eigenvalue weighted by Crippen LogP contribution is 2.23. The quantitative estimate of drug-likeness (QED) is 0.695. The van der Waals surface area contributed by atoms with Gasteiger partial charge in [-0.1, -0.05) is 36.4 Å². The van der Waals surface area contributed by atoms with Crippen molar-refractivity contribution in [1.29, 1.82) is 0 Å². The molecule has 0 aliphatic heterocycles. The summed E-state index contributed by atoms with van der Waals surface area (Å²) in [5.41, 5.74) is 3.74. The topological polar surface area (TPSA) is 0 Å². The average molecular weight is 293 g/mol. The first-order valence-electron chi connectivity index (χ1n) is 4.51. The lowest BCUT2D eigenvalue weighted by molar-refractivity contribution is 1.43. The van der Waals surface area contributed by atoms with E-state index in [4.69, 9.17) is 0 Å². The number of benzene rings is 2. The molecule has 14 heavy (non-hydrogen) atoms. The third kappa shape index (κ3) is 1.98. The van der Waals surface area contributed by atoms with Gasteiger partial charge in [-0.15, -0.1) is 0 Å². The number of rotatable bonds is 1. The van der Waals surface area contributed by atoms with Crippen LogP contribution in [0.5, 0.6) is 0 Å². The molecule has 0 bridgehead atoms. The van der Waals surface area contributed by atoms with Crippen LogP contribution in [0.15, 0.2) is 42.5 Å². The predicted octanol–water partition coefficient (Wildman–Crippen LogP) is 4.07. The molecule has 0 N–H and O–H groups in total. The molecule has 1 heteroatoms. The maximum absolute atomic E-state index is 3.32. The minimum absolute atomic E-state index is 1.17. The second kappa shape index (κ2) is 4.13. The third-order valence-electron chi connectivity index (χ3n) is 2.19. The van der Waals surface area contributed by atoms with Crippen LogP contribution in [0.4, 0.5) is 0 Å². The van der Waals surface area contributed by atoms with Crippen molar-refractivity contribution in [3.8, 4) is 11.1 Å². The maximum Gasteiger partial charge on any atom is 0.0212 e. The van der Waals surface area contributed by atoms with E-state index in [2.05, 4.69) is 72.0 Å². The summed E-state index contributed by atoms with van der Waals surface area (Å²) in [6.07, 6.45) is 0. The van der Waals surface area contributed by atoms with Crippen molar-refractivity contribution in [3.05, 3.63) is 57.7 Å². The molecule has 0 atom stereocenters. The van der Waals surface area contributed by atoms with E-state index in [1.54, 1.807) is 0 Å². The van der Waals surface area contributed by atoms with Crippen LogP contribution in [-0.4, -0.2) is 0 Å². The van der Waals surface area contributed by atoms with Crippen molar-refractivity contribution in [3.63, 3.8) is 0 Å². The van der Waals surface area contributed by atoms with Crippen molar-refractivity contribution in [2.45, 2.75) is 6.92 Å². The molecule has 0 fully saturated rings. The fourth-order valence-electron chi connectivity index (χ4n) is 1.50. The van der Waals surface area contributed by atoms with Gasteiger partial charge in [-0.25, -0.2) is 0 Å². The fourth-order valence-corrected chi connectivity index (χ4v) is 2.08. The lowest BCUT2D eigenvalue weighted by Gasteiger charge is -2.05. The third-order valence-corrected chi connectivity index (χ3v) is 2.82. The van der Waals surface area contributed by atoms with Gasteiger partial charge >= 0.3 is 0 Å². The molecule has 2 aromatic rings. The normalized spacial score (nSPS) is 10.1. The van der Waals surface area contributed by atoms with Crippen LogP contribution in [-0.2, 0) is 0 Å². The molecule has 0 aliphatic rings. The van der Waals surface area contributed by atoms with E-state index < -0.39 is 0 Å². The molecule has 0 saturated carbocycles. The molecular formula is C13H10I. The SMILES string of the molecule is Cc1[c]c(I)ccc1-c1ccccc1. The van der Waals surface area contributed by atoms with Gasteiger partial charge in [0.1, 0.15) is 0 Å². The first-order valence-corrected chi connectivity index (χ1v) is 5.59. The average Bonchev–Trinajstić information content (AvgIpc) is 2.19. The summed E-state index contributed by atoms with van der Waals surface area (Å²) in [5.74, 6) is 0.